The Labute approximate surface area is 76.2 Å². The molecule has 0 aliphatic carbocycles. The Kier molecular flexibility index (Phi) is 2.45. The molecule has 13 heavy (non-hydrogen) atoms. The predicted molar refractivity (Wildman–Crippen MR) is 48.4 cm³/mol. The summed E-state index contributed by atoms with van der Waals surface area (Å²) in [5.41, 5.74) is 4.70. The second-order valence-corrected chi connectivity index (χ2v) is 3.25. The lowest BCUT2D eigenvalue weighted by Gasteiger charge is -2.23. The van der Waals surface area contributed by atoms with Crippen molar-refractivity contribution in [1.82, 2.24) is 0 Å². The Morgan fingerprint density at radius 1 is 1.31 bits per heavy atom. The maximum atomic E-state index is 9.41. The Balaban J connectivity index is 3.28. The van der Waals surface area contributed by atoms with Gasteiger partial charge in [-0.3, -0.25) is 0 Å². The standard InChI is InChI=1S/C9H13NO3/c1-9(10,5-11)8-6(12)3-2-4-7(8)13/h2-4,11-13H,5,10H2,1H3. The molecule has 5 N–H and O–H groups in total. The van der Waals surface area contributed by atoms with E-state index < -0.39 is 5.54 Å². The van der Waals surface area contributed by atoms with Crippen LogP contribution in [0.1, 0.15) is 12.5 Å². The normalized spacial score (nSPS) is 15.3. The summed E-state index contributed by atoms with van der Waals surface area (Å²) in [6, 6.07) is 4.33. The van der Waals surface area contributed by atoms with Crippen LogP contribution in [0.3, 0.4) is 0 Å². The second kappa shape index (κ2) is 3.24. The van der Waals surface area contributed by atoms with Gasteiger partial charge in [-0.25, -0.2) is 0 Å². The third-order valence-electron chi connectivity index (χ3n) is 1.92. The molecule has 0 aliphatic heterocycles. The molecular weight excluding hydrogens is 170 g/mol. The first-order valence-electron chi connectivity index (χ1n) is 3.90. The quantitative estimate of drug-likeness (QED) is 0.530. The van der Waals surface area contributed by atoms with Crippen LogP contribution in [0, 0.1) is 0 Å². The molecule has 0 spiro atoms. The van der Waals surface area contributed by atoms with Gasteiger partial charge in [-0.05, 0) is 19.1 Å². The predicted octanol–water partition coefficient (Wildman–Crippen LogP) is 0.264. The fourth-order valence-electron chi connectivity index (χ4n) is 1.19. The summed E-state index contributed by atoms with van der Waals surface area (Å²) in [6.07, 6.45) is 0. The number of nitrogens with two attached hydrogens (primary N) is 1. The zero-order chi connectivity index (χ0) is 10.1. The SMILES string of the molecule is CC(N)(CO)c1c(O)cccc1O. The topological polar surface area (TPSA) is 86.7 Å². The fraction of sp³-hybridized carbons (Fsp3) is 0.333. The summed E-state index contributed by atoms with van der Waals surface area (Å²) in [4.78, 5) is 0. The molecule has 0 aromatic heterocycles. The Morgan fingerprint density at radius 2 is 1.77 bits per heavy atom. The first kappa shape index (κ1) is 9.83. The second-order valence-electron chi connectivity index (χ2n) is 3.25. The van der Waals surface area contributed by atoms with Crippen LogP contribution < -0.4 is 5.73 Å². The number of rotatable bonds is 2. The maximum absolute atomic E-state index is 9.41. The highest BCUT2D eigenvalue weighted by Crippen LogP contribution is 2.34. The molecule has 1 rings (SSSR count). The molecule has 1 unspecified atom stereocenters. The van der Waals surface area contributed by atoms with Crippen LogP contribution in [0.25, 0.3) is 0 Å². The molecule has 4 nitrogen and oxygen atoms in total. The first-order valence-corrected chi connectivity index (χ1v) is 3.90. The average molecular weight is 183 g/mol. The number of aliphatic hydroxyl groups excluding tert-OH is 1. The van der Waals surface area contributed by atoms with Gasteiger partial charge in [0.1, 0.15) is 11.5 Å². The van der Waals surface area contributed by atoms with Crippen LogP contribution in [0.5, 0.6) is 11.5 Å². The lowest BCUT2D eigenvalue weighted by molar-refractivity contribution is 0.203. The summed E-state index contributed by atoms with van der Waals surface area (Å²) in [6.45, 7) is 1.18. The van der Waals surface area contributed by atoms with Crippen molar-refractivity contribution in [3.05, 3.63) is 23.8 Å². The third-order valence-corrected chi connectivity index (χ3v) is 1.92. The minimum atomic E-state index is -1.13. The van der Waals surface area contributed by atoms with Crippen molar-refractivity contribution < 1.29 is 15.3 Å². The van der Waals surface area contributed by atoms with Crippen LogP contribution in [0.15, 0.2) is 18.2 Å². The van der Waals surface area contributed by atoms with E-state index in [1.54, 1.807) is 0 Å². The zero-order valence-corrected chi connectivity index (χ0v) is 7.36. The van der Waals surface area contributed by atoms with Crippen LogP contribution in [0.4, 0.5) is 0 Å². The Bertz CT molecular complexity index is 289. The van der Waals surface area contributed by atoms with E-state index >= 15 is 0 Å². The number of hydrogen-bond donors (Lipinski definition) is 4. The molecule has 1 atom stereocenters. The van der Waals surface area contributed by atoms with Gasteiger partial charge in [0.25, 0.3) is 0 Å². The van der Waals surface area contributed by atoms with Gasteiger partial charge in [-0.15, -0.1) is 0 Å². The van der Waals surface area contributed by atoms with Gasteiger partial charge >= 0.3 is 0 Å². The minimum absolute atomic E-state index is 0.112. The first-order chi connectivity index (χ1) is 5.99. The van der Waals surface area contributed by atoms with Crippen molar-refractivity contribution in [3.63, 3.8) is 0 Å². The number of hydrogen-bond acceptors (Lipinski definition) is 4. The van der Waals surface area contributed by atoms with Crippen LogP contribution in [-0.2, 0) is 5.54 Å². The average Bonchev–Trinajstić information content (AvgIpc) is 2.03. The van der Waals surface area contributed by atoms with Crippen LogP contribution in [0.2, 0.25) is 0 Å². The van der Waals surface area contributed by atoms with Gasteiger partial charge < -0.3 is 21.1 Å². The highest BCUT2D eigenvalue weighted by molar-refractivity contribution is 5.47. The maximum Gasteiger partial charge on any atom is 0.124 e. The summed E-state index contributed by atoms with van der Waals surface area (Å²) in [5.74, 6) is -0.224. The van der Waals surface area contributed by atoms with E-state index in [-0.39, 0.29) is 23.7 Å². The monoisotopic (exact) mass is 183 g/mol. The van der Waals surface area contributed by atoms with Crippen LogP contribution >= 0.6 is 0 Å². The van der Waals surface area contributed by atoms with E-state index in [0.717, 1.165) is 0 Å². The van der Waals surface area contributed by atoms with Gasteiger partial charge in [0, 0.05) is 0 Å². The Morgan fingerprint density at radius 3 is 2.15 bits per heavy atom. The number of aliphatic hydroxyl groups is 1. The summed E-state index contributed by atoms with van der Waals surface area (Å²) < 4.78 is 0. The third kappa shape index (κ3) is 1.74. The molecular formula is C9H13NO3. The molecule has 4 heteroatoms. The lowest BCUT2D eigenvalue weighted by atomic mass is 9.92. The molecule has 0 radical (unpaired) electrons. The van der Waals surface area contributed by atoms with Gasteiger partial charge in [0.2, 0.25) is 0 Å². The molecule has 72 valence electrons. The number of phenols is 2. The highest BCUT2D eigenvalue weighted by Gasteiger charge is 2.26. The molecule has 1 aromatic rings. The van der Waals surface area contributed by atoms with E-state index in [1.165, 1.54) is 25.1 Å². The summed E-state index contributed by atoms with van der Waals surface area (Å²) in [5, 5.41) is 27.8. The van der Waals surface area contributed by atoms with Crippen molar-refractivity contribution in [1.29, 1.82) is 0 Å². The molecule has 0 amide bonds. The van der Waals surface area contributed by atoms with Gasteiger partial charge in [-0.1, -0.05) is 6.07 Å². The van der Waals surface area contributed by atoms with E-state index in [2.05, 4.69) is 0 Å². The lowest BCUT2D eigenvalue weighted by Crippen LogP contribution is -2.37. The zero-order valence-electron chi connectivity index (χ0n) is 7.36. The van der Waals surface area contributed by atoms with Gasteiger partial charge in [0.15, 0.2) is 0 Å². The number of phenolic OH excluding ortho intramolecular Hbond substituents is 2. The van der Waals surface area contributed by atoms with Crippen molar-refractivity contribution in [2.45, 2.75) is 12.5 Å². The molecule has 0 fully saturated rings. The van der Waals surface area contributed by atoms with Crippen molar-refractivity contribution in [2.75, 3.05) is 6.61 Å². The molecule has 0 saturated heterocycles. The molecule has 0 heterocycles. The smallest absolute Gasteiger partial charge is 0.124 e. The Hall–Kier alpha value is -1.26. The van der Waals surface area contributed by atoms with Gasteiger partial charge in [-0.2, -0.15) is 0 Å². The van der Waals surface area contributed by atoms with E-state index in [9.17, 15) is 10.2 Å². The van der Waals surface area contributed by atoms with E-state index in [1.807, 2.05) is 0 Å². The van der Waals surface area contributed by atoms with Crippen molar-refractivity contribution in [3.8, 4) is 11.5 Å². The summed E-state index contributed by atoms with van der Waals surface area (Å²) in [7, 11) is 0. The summed E-state index contributed by atoms with van der Waals surface area (Å²) >= 11 is 0. The fourth-order valence-corrected chi connectivity index (χ4v) is 1.19. The number of aromatic hydroxyl groups is 2. The van der Waals surface area contributed by atoms with Crippen LogP contribution in [-0.4, -0.2) is 21.9 Å². The molecule has 0 aliphatic rings. The number of benzene rings is 1. The minimum Gasteiger partial charge on any atom is -0.507 e. The molecule has 1 aromatic carbocycles. The molecule has 0 saturated carbocycles. The van der Waals surface area contributed by atoms with E-state index in [0.29, 0.717) is 0 Å². The largest absolute Gasteiger partial charge is 0.507 e. The van der Waals surface area contributed by atoms with Crippen molar-refractivity contribution >= 4 is 0 Å². The molecule has 0 bridgehead atoms. The van der Waals surface area contributed by atoms with Crippen molar-refractivity contribution in [2.24, 2.45) is 5.73 Å². The van der Waals surface area contributed by atoms with Gasteiger partial charge in [0.05, 0.1) is 17.7 Å². The highest BCUT2D eigenvalue weighted by atomic mass is 16.3. The van der Waals surface area contributed by atoms with E-state index in [4.69, 9.17) is 10.8 Å².